The number of nitrogens with two attached hydrogens (primary N) is 3. The van der Waals surface area contributed by atoms with Gasteiger partial charge in [-0.15, -0.1) is 0 Å². The van der Waals surface area contributed by atoms with Gasteiger partial charge in [-0.05, 0) is 18.2 Å². The summed E-state index contributed by atoms with van der Waals surface area (Å²) < 4.78 is 5.57. The molecule has 2 aromatic carbocycles. The molecule has 0 unspecified atom stereocenters. The van der Waals surface area contributed by atoms with Gasteiger partial charge in [0.2, 0.25) is 5.91 Å². The van der Waals surface area contributed by atoms with Crippen LogP contribution in [0.15, 0.2) is 42.5 Å². The van der Waals surface area contributed by atoms with E-state index >= 15 is 0 Å². The van der Waals surface area contributed by atoms with Gasteiger partial charge in [-0.25, -0.2) is 0 Å². The van der Waals surface area contributed by atoms with Gasteiger partial charge in [-0.2, -0.15) is 0 Å². The molecule has 0 aliphatic rings. The largest absolute Gasteiger partial charge is 0.488 e. The highest BCUT2D eigenvalue weighted by molar-refractivity contribution is 5.96. The number of hydrogen-bond donors (Lipinski definition) is 3. The maximum Gasteiger partial charge on any atom is 0.252 e. The summed E-state index contributed by atoms with van der Waals surface area (Å²) >= 11 is 0. The lowest BCUT2D eigenvalue weighted by Crippen LogP contribution is -2.16. The lowest BCUT2D eigenvalue weighted by Gasteiger charge is -2.12. The third-order valence-corrected chi connectivity index (χ3v) is 2.94. The van der Waals surface area contributed by atoms with Crippen LogP contribution >= 0.6 is 0 Å². The first-order chi connectivity index (χ1) is 9.99. The van der Waals surface area contributed by atoms with Crippen molar-refractivity contribution in [1.29, 1.82) is 0 Å². The van der Waals surface area contributed by atoms with Gasteiger partial charge in [0, 0.05) is 22.9 Å². The third-order valence-electron chi connectivity index (χ3n) is 2.94. The van der Waals surface area contributed by atoms with E-state index < -0.39 is 11.8 Å². The Bertz CT molecular complexity index is 698. The molecule has 0 aromatic heterocycles. The fourth-order valence-electron chi connectivity index (χ4n) is 1.90. The molecule has 6 nitrogen and oxygen atoms in total. The molecule has 0 atom stereocenters. The van der Waals surface area contributed by atoms with Crippen molar-refractivity contribution < 1.29 is 14.3 Å². The van der Waals surface area contributed by atoms with Crippen molar-refractivity contribution in [2.75, 3.05) is 5.73 Å². The van der Waals surface area contributed by atoms with Crippen molar-refractivity contribution in [3.05, 3.63) is 59.2 Å². The summed E-state index contributed by atoms with van der Waals surface area (Å²) in [5.74, 6) is -0.896. The Hall–Kier alpha value is -3.02. The zero-order valence-electron chi connectivity index (χ0n) is 11.2. The van der Waals surface area contributed by atoms with Gasteiger partial charge in [-0.3, -0.25) is 9.59 Å². The quantitative estimate of drug-likeness (QED) is 0.710. The fourth-order valence-corrected chi connectivity index (χ4v) is 1.90. The van der Waals surface area contributed by atoms with Crippen LogP contribution in [0.3, 0.4) is 0 Å². The number of ether oxygens (including phenoxy) is 1. The van der Waals surface area contributed by atoms with Crippen molar-refractivity contribution in [1.82, 2.24) is 0 Å². The van der Waals surface area contributed by atoms with E-state index in [1.807, 2.05) is 0 Å². The van der Waals surface area contributed by atoms with Crippen LogP contribution in [0.4, 0.5) is 5.69 Å². The predicted octanol–water partition coefficient (Wildman–Crippen LogP) is 1.05. The maximum atomic E-state index is 11.3. The zero-order chi connectivity index (χ0) is 15.4. The van der Waals surface area contributed by atoms with Crippen molar-refractivity contribution in [2.24, 2.45) is 11.5 Å². The molecule has 0 saturated heterocycles. The minimum atomic E-state index is -0.617. The first-order valence-corrected chi connectivity index (χ1v) is 6.19. The molecule has 21 heavy (non-hydrogen) atoms. The SMILES string of the molecule is NC(=O)c1ccccc1COc1cc(N)ccc1C(N)=O. The van der Waals surface area contributed by atoms with Gasteiger partial charge in [0.05, 0.1) is 5.56 Å². The maximum absolute atomic E-state index is 11.3. The van der Waals surface area contributed by atoms with Crippen molar-refractivity contribution in [2.45, 2.75) is 6.61 Å². The first kappa shape index (κ1) is 14.4. The van der Waals surface area contributed by atoms with E-state index in [-0.39, 0.29) is 17.9 Å². The Balaban J connectivity index is 2.27. The van der Waals surface area contributed by atoms with Crippen molar-refractivity contribution in [3.8, 4) is 5.75 Å². The Morgan fingerprint density at radius 3 is 2.29 bits per heavy atom. The monoisotopic (exact) mass is 285 g/mol. The summed E-state index contributed by atoms with van der Waals surface area (Å²) in [6.45, 7) is 0.0723. The highest BCUT2D eigenvalue weighted by Gasteiger charge is 2.12. The van der Waals surface area contributed by atoms with Gasteiger partial charge in [-0.1, -0.05) is 18.2 Å². The van der Waals surface area contributed by atoms with Crippen molar-refractivity contribution >= 4 is 17.5 Å². The van der Waals surface area contributed by atoms with Gasteiger partial charge >= 0.3 is 0 Å². The molecule has 2 rings (SSSR count). The lowest BCUT2D eigenvalue weighted by atomic mass is 10.1. The van der Waals surface area contributed by atoms with E-state index in [9.17, 15) is 9.59 Å². The van der Waals surface area contributed by atoms with Gasteiger partial charge in [0.15, 0.2) is 0 Å². The molecule has 0 spiro atoms. The second-order valence-corrected chi connectivity index (χ2v) is 4.43. The van der Waals surface area contributed by atoms with E-state index in [2.05, 4.69) is 0 Å². The zero-order valence-corrected chi connectivity index (χ0v) is 11.2. The molecule has 0 saturated carbocycles. The molecule has 0 radical (unpaired) electrons. The molecule has 0 aliphatic carbocycles. The Morgan fingerprint density at radius 2 is 1.62 bits per heavy atom. The second-order valence-electron chi connectivity index (χ2n) is 4.43. The number of benzene rings is 2. The Kier molecular flexibility index (Phi) is 4.08. The minimum absolute atomic E-state index is 0.0723. The molecule has 0 aliphatic heterocycles. The normalized spacial score (nSPS) is 10.1. The van der Waals surface area contributed by atoms with Gasteiger partial charge in [0.25, 0.3) is 5.91 Å². The van der Waals surface area contributed by atoms with Crippen LogP contribution in [0.5, 0.6) is 5.75 Å². The van der Waals surface area contributed by atoms with E-state index in [0.29, 0.717) is 16.8 Å². The lowest BCUT2D eigenvalue weighted by molar-refractivity contribution is 0.0985. The summed E-state index contributed by atoms with van der Waals surface area (Å²) in [6.07, 6.45) is 0. The summed E-state index contributed by atoms with van der Waals surface area (Å²) in [4.78, 5) is 22.7. The van der Waals surface area contributed by atoms with Crippen LogP contribution in [0, 0.1) is 0 Å². The number of amides is 2. The standard InChI is InChI=1S/C15H15N3O3/c16-10-5-6-12(15(18)20)13(7-10)21-8-9-3-1-2-4-11(9)14(17)19/h1-7H,8,16H2,(H2,17,19)(H2,18,20). The number of carbonyl (C=O) groups excluding carboxylic acids is 2. The van der Waals surface area contributed by atoms with Crippen LogP contribution in [0.1, 0.15) is 26.3 Å². The molecule has 0 bridgehead atoms. The predicted molar refractivity (Wildman–Crippen MR) is 78.7 cm³/mol. The van der Waals surface area contributed by atoms with Gasteiger partial charge < -0.3 is 21.9 Å². The molecule has 6 heteroatoms. The molecule has 2 aromatic rings. The summed E-state index contributed by atoms with van der Waals surface area (Å²) in [5.41, 5.74) is 17.9. The topological polar surface area (TPSA) is 121 Å². The summed E-state index contributed by atoms with van der Waals surface area (Å²) in [5, 5.41) is 0. The fraction of sp³-hybridized carbons (Fsp3) is 0.0667. The molecule has 6 N–H and O–H groups in total. The molecule has 2 amide bonds. The molecule has 108 valence electrons. The summed E-state index contributed by atoms with van der Waals surface area (Å²) in [7, 11) is 0. The molecular formula is C15H15N3O3. The smallest absolute Gasteiger partial charge is 0.252 e. The Morgan fingerprint density at radius 1 is 0.952 bits per heavy atom. The van der Waals surface area contributed by atoms with Crippen LogP contribution in [-0.4, -0.2) is 11.8 Å². The highest BCUT2D eigenvalue weighted by Crippen LogP contribution is 2.23. The van der Waals surface area contributed by atoms with Crippen molar-refractivity contribution in [3.63, 3.8) is 0 Å². The Labute approximate surface area is 121 Å². The number of rotatable bonds is 5. The first-order valence-electron chi connectivity index (χ1n) is 6.19. The average Bonchev–Trinajstić information content (AvgIpc) is 2.45. The summed E-state index contributed by atoms with van der Waals surface area (Å²) in [6, 6.07) is 11.4. The second kappa shape index (κ2) is 5.96. The van der Waals surface area contributed by atoms with Gasteiger partial charge in [0.1, 0.15) is 12.4 Å². The van der Waals surface area contributed by atoms with E-state index in [0.717, 1.165) is 0 Å². The van der Waals surface area contributed by atoms with Crippen LogP contribution in [0.2, 0.25) is 0 Å². The number of primary amides is 2. The van der Waals surface area contributed by atoms with Crippen LogP contribution in [-0.2, 0) is 6.61 Å². The minimum Gasteiger partial charge on any atom is -0.488 e. The number of nitrogen functional groups attached to an aromatic ring is 1. The van der Waals surface area contributed by atoms with Crippen LogP contribution in [0.25, 0.3) is 0 Å². The number of anilines is 1. The molecular weight excluding hydrogens is 270 g/mol. The van der Waals surface area contributed by atoms with E-state index in [1.54, 1.807) is 30.3 Å². The van der Waals surface area contributed by atoms with E-state index in [4.69, 9.17) is 21.9 Å². The van der Waals surface area contributed by atoms with Crippen LogP contribution < -0.4 is 21.9 Å². The number of carbonyl (C=O) groups is 2. The molecule has 0 heterocycles. The van der Waals surface area contributed by atoms with E-state index in [1.165, 1.54) is 12.1 Å². The number of hydrogen-bond acceptors (Lipinski definition) is 4. The molecule has 0 fully saturated rings. The third kappa shape index (κ3) is 3.30. The highest BCUT2D eigenvalue weighted by atomic mass is 16.5. The average molecular weight is 285 g/mol.